The van der Waals surface area contributed by atoms with Gasteiger partial charge in [-0.1, -0.05) is 97.6 Å². The zero-order valence-electron chi connectivity index (χ0n) is 24.9. The van der Waals surface area contributed by atoms with Crippen LogP contribution in [0, 0.1) is 0 Å². The van der Waals surface area contributed by atoms with Crippen LogP contribution in [-0.4, -0.2) is 19.1 Å². The lowest BCUT2D eigenvalue weighted by Crippen LogP contribution is -1.97. The maximum atomic E-state index is 4.68. The Hall–Kier alpha value is -6.00. The summed E-state index contributed by atoms with van der Waals surface area (Å²) in [6.45, 7) is 6.19. The molecule has 0 saturated carbocycles. The van der Waals surface area contributed by atoms with Gasteiger partial charge in [-0.25, -0.2) is 9.97 Å². The number of nitrogens with zero attached hydrogens (tertiary/aromatic N) is 4. The quantitative estimate of drug-likeness (QED) is 0.184. The van der Waals surface area contributed by atoms with Crippen LogP contribution in [-0.2, 0) is 0 Å². The van der Waals surface area contributed by atoms with Crippen LogP contribution in [0.2, 0.25) is 0 Å². The third-order valence-electron chi connectivity index (χ3n) is 8.53. The molecule has 4 heteroatoms. The first-order valence-electron chi connectivity index (χ1n) is 15.1. The summed E-state index contributed by atoms with van der Waals surface area (Å²) in [7, 11) is 0. The van der Waals surface area contributed by atoms with Gasteiger partial charge in [-0.2, -0.15) is 0 Å². The van der Waals surface area contributed by atoms with Crippen LogP contribution >= 0.6 is 0 Å². The number of benzene rings is 5. The first-order valence-corrected chi connectivity index (χ1v) is 15.1. The summed E-state index contributed by atoms with van der Waals surface area (Å²) >= 11 is 0. The van der Waals surface area contributed by atoms with Crippen molar-refractivity contribution in [1.29, 1.82) is 0 Å². The van der Waals surface area contributed by atoms with E-state index in [1.54, 1.807) is 0 Å². The Balaban J connectivity index is 1.35. The molecule has 0 N–H and O–H groups in total. The Labute approximate surface area is 261 Å². The van der Waals surface area contributed by atoms with E-state index in [0.717, 1.165) is 39.1 Å². The molecule has 0 bridgehead atoms. The number of hydrogen-bond donors (Lipinski definition) is 0. The summed E-state index contributed by atoms with van der Waals surface area (Å²) in [6.07, 6.45) is 9.94. The summed E-state index contributed by atoms with van der Waals surface area (Å²) in [5, 5.41) is 4.90. The Morgan fingerprint density at radius 2 is 1.22 bits per heavy atom. The van der Waals surface area contributed by atoms with Crippen LogP contribution in [0.3, 0.4) is 0 Å². The maximum Gasteiger partial charge on any atom is 0.159 e. The highest BCUT2D eigenvalue weighted by Gasteiger charge is 2.18. The molecule has 8 aromatic rings. The smallest absolute Gasteiger partial charge is 0.159 e. The molecule has 0 aliphatic rings. The third kappa shape index (κ3) is 4.47. The Kier molecular flexibility index (Phi) is 6.46. The number of para-hydroxylation sites is 3. The Morgan fingerprint density at radius 3 is 1.93 bits per heavy atom. The molecule has 3 aromatic heterocycles. The van der Waals surface area contributed by atoms with Gasteiger partial charge in [0.2, 0.25) is 0 Å². The van der Waals surface area contributed by atoms with Crippen molar-refractivity contribution >= 4 is 54.9 Å². The van der Waals surface area contributed by atoms with Crippen molar-refractivity contribution in [2.24, 2.45) is 0 Å². The van der Waals surface area contributed by atoms with E-state index in [-0.39, 0.29) is 0 Å². The molecule has 8 rings (SSSR count). The molecule has 3 heterocycles. The predicted molar refractivity (Wildman–Crippen MR) is 189 cm³/mol. The third-order valence-corrected chi connectivity index (χ3v) is 8.53. The van der Waals surface area contributed by atoms with Gasteiger partial charge in [0.05, 0.1) is 22.1 Å². The van der Waals surface area contributed by atoms with Crippen molar-refractivity contribution in [2.75, 3.05) is 0 Å². The van der Waals surface area contributed by atoms with E-state index in [9.17, 15) is 0 Å². The van der Waals surface area contributed by atoms with Crippen LogP contribution < -0.4 is 0 Å². The first kappa shape index (κ1) is 26.6. The molecule has 0 radical (unpaired) electrons. The monoisotopic (exact) mass is 578 g/mol. The zero-order chi connectivity index (χ0) is 30.3. The molecule has 45 heavy (non-hydrogen) atoms. The SMILES string of the molecule is C=C/C=C(\C=C(/C)c1cnc(-c2ccccc2)nc1)n1c2ccccc2c2cc3c4ccccc4n(-c4ccccc4)c3cc21. The van der Waals surface area contributed by atoms with Crippen molar-refractivity contribution in [2.45, 2.75) is 6.92 Å². The Bertz CT molecular complexity index is 2420. The van der Waals surface area contributed by atoms with Crippen LogP contribution in [0.15, 0.2) is 159 Å². The largest absolute Gasteiger partial charge is 0.309 e. The topological polar surface area (TPSA) is 35.6 Å². The van der Waals surface area contributed by atoms with Crippen molar-refractivity contribution in [1.82, 2.24) is 19.1 Å². The van der Waals surface area contributed by atoms with Crippen molar-refractivity contribution < 1.29 is 0 Å². The zero-order valence-corrected chi connectivity index (χ0v) is 24.9. The lowest BCUT2D eigenvalue weighted by Gasteiger charge is -2.12. The van der Waals surface area contributed by atoms with Crippen molar-refractivity contribution in [3.8, 4) is 17.1 Å². The van der Waals surface area contributed by atoms with Gasteiger partial charge < -0.3 is 9.13 Å². The van der Waals surface area contributed by atoms with Gasteiger partial charge in [-0.15, -0.1) is 0 Å². The van der Waals surface area contributed by atoms with E-state index < -0.39 is 0 Å². The molecular formula is C41H30N4. The van der Waals surface area contributed by atoms with Gasteiger partial charge in [0.1, 0.15) is 0 Å². The molecule has 0 saturated heterocycles. The molecule has 5 aromatic carbocycles. The number of hydrogen-bond acceptors (Lipinski definition) is 2. The second kappa shape index (κ2) is 10.9. The standard InChI is InChI=1S/C41H30N4/c1-3-14-32(23-28(2)30-26-42-41(43-27-30)29-15-6-4-7-16-29)45-38-22-13-11-20-34(38)36-24-35-33-19-10-12-21-37(33)44(39(35)25-40(36)45)31-17-8-5-9-18-31/h3-27H,1H2,2H3/b28-23+,32-14+. The molecule has 0 spiro atoms. The average Bonchev–Trinajstić information content (AvgIpc) is 3.60. The molecule has 0 atom stereocenters. The summed E-state index contributed by atoms with van der Waals surface area (Å²) < 4.78 is 4.72. The highest BCUT2D eigenvalue weighted by molar-refractivity contribution is 6.19. The van der Waals surface area contributed by atoms with E-state index >= 15 is 0 Å². The highest BCUT2D eigenvalue weighted by atomic mass is 15.0. The lowest BCUT2D eigenvalue weighted by molar-refractivity contribution is 1.16. The minimum Gasteiger partial charge on any atom is -0.309 e. The molecular weight excluding hydrogens is 548 g/mol. The van der Waals surface area contributed by atoms with Gasteiger partial charge >= 0.3 is 0 Å². The maximum absolute atomic E-state index is 4.68. The van der Waals surface area contributed by atoms with Crippen molar-refractivity contribution in [3.63, 3.8) is 0 Å². The summed E-state index contributed by atoms with van der Waals surface area (Å²) in [4.78, 5) is 9.36. The second-order valence-electron chi connectivity index (χ2n) is 11.2. The van der Waals surface area contributed by atoms with E-state index in [1.165, 1.54) is 32.6 Å². The molecule has 0 aliphatic heterocycles. The predicted octanol–water partition coefficient (Wildman–Crippen LogP) is 10.5. The van der Waals surface area contributed by atoms with E-state index in [4.69, 9.17) is 0 Å². The van der Waals surface area contributed by atoms with Gasteiger partial charge in [0, 0.05) is 56.4 Å². The molecule has 0 unspecified atom stereocenters. The van der Waals surface area contributed by atoms with Crippen LogP contribution in [0.4, 0.5) is 0 Å². The first-order chi connectivity index (χ1) is 22.2. The molecule has 0 fully saturated rings. The molecule has 0 aliphatic carbocycles. The lowest BCUT2D eigenvalue weighted by atomic mass is 10.1. The number of allylic oxidation sites excluding steroid dienone is 5. The fourth-order valence-electron chi connectivity index (χ4n) is 6.45. The van der Waals surface area contributed by atoms with Gasteiger partial charge in [0.15, 0.2) is 5.82 Å². The fourth-order valence-corrected chi connectivity index (χ4v) is 6.45. The van der Waals surface area contributed by atoms with E-state index in [2.05, 4.69) is 136 Å². The summed E-state index contributed by atoms with van der Waals surface area (Å²) in [6, 6.07) is 42.7. The average molecular weight is 579 g/mol. The highest BCUT2D eigenvalue weighted by Crippen LogP contribution is 2.40. The minimum atomic E-state index is 0.717. The normalized spacial score (nSPS) is 12.5. The van der Waals surface area contributed by atoms with Crippen molar-refractivity contribution in [3.05, 3.63) is 164 Å². The minimum absolute atomic E-state index is 0.717. The van der Waals surface area contributed by atoms with Crippen LogP contribution in [0.1, 0.15) is 12.5 Å². The number of rotatable bonds is 6. The summed E-state index contributed by atoms with van der Waals surface area (Å²) in [5.74, 6) is 0.717. The molecule has 4 nitrogen and oxygen atoms in total. The second-order valence-corrected chi connectivity index (χ2v) is 11.2. The van der Waals surface area contributed by atoms with Crippen LogP contribution in [0.25, 0.3) is 72.0 Å². The Morgan fingerprint density at radius 1 is 0.622 bits per heavy atom. The molecule has 0 amide bonds. The van der Waals surface area contributed by atoms with Crippen LogP contribution in [0.5, 0.6) is 0 Å². The van der Waals surface area contributed by atoms with Gasteiger partial charge in [0.25, 0.3) is 0 Å². The fraction of sp³-hybridized carbons (Fsp3) is 0.0244. The number of fused-ring (bicyclic) bond motifs is 6. The van der Waals surface area contributed by atoms with E-state index in [1.807, 2.05) is 48.8 Å². The van der Waals surface area contributed by atoms with Gasteiger partial charge in [-0.05, 0) is 61.0 Å². The number of aromatic nitrogens is 4. The van der Waals surface area contributed by atoms with Gasteiger partial charge in [-0.3, -0.25) is 0 Å². The molecule has 214 valence electrons. The summed E-state index contributed by atoms with van der Waals surface area (Å²) in [5.41, 5.74) is 9.83. The van der Waals surface area contributed by atoms with E-state index in [0.29, 0.717) is 5.82 Å².